The average molecular weight is 266 g/mol. The van der Waals surface area contributed by atoms with Gasteiger partial charge in [0.2, 0.25) is 0 Å². The summed E-state index contributed by atoms with van der Waals surface area (Å²) in [4.78, 5) is 26.3. The summed E-state index contributed by atoms with van der Waals surface area (Å²) in [5, 5.41) is 9.48. The molecule has 0 saturated heterocycles. The molecule has 20 heavy (non-hydrogen) atoms. The third kappa shape index (κ3) is 2.14. The number of nitrogens with zero attached hydrogens (tertiary/aromatic N) is 3. The minimum atomic E-state index is -1.00. The number of carboxylic acid groups (broad SMARTS) is 1. The fraction of sp³-hybridized carbons (Fsp3) is 0. The van der Waals surface area contributed by atoms with Crippen molar-refractivity contribution in [3.05, 3.63) is 48.6 Å². The SMILES string of the molecule is O=C(O)/C=C/c1c[nH]c2ncnc(-c3ccccn3)c12. The van der Waals surface area contributed by atoms with E-state index in [2.05, 4.69) is 19.9 Å². The van der Waals surface area contributed by atoms with Crippen molar-refractivity contribution in [1.29, 1.82) is 0 Å². The largest absolute Gasteiger partial charge is 0.478 e. The Hall–Kier alpha value is -3.02. The number of hydrogen-bond donors (Lipinski definition) is 2. The number of aliphatic carboxylic acids is 1. The Morgan fingerprint density at radius 2 is 2.15 bits per heavy atom. The van der Waals surface area contributed by atoms with E-state index in [0.717, 1.165) is 11.5 Å². The van der Waals surface area contributed by atoms with Crippen LogP contribution in [-0.4, -0.2) is 31.0 Å². The van der Waals surface area contributed by atoms with Crippen LogP contribution >= 0.6 is 0 Å². The van der Waals surface area contributed by atoms with Crippen LogP contribution in [0.2, 0.25) is 0 Å². The highest BCUT2D eigenvalue weighted by Gasteiger charge is 2.11. The zero-order valence-electron chi connectivity index (χ0n) is 10.3. The van der Waals surface area contributed by atoms with Crippen LogP contribution in [0, 0.1) is 0 Å². The fourth-order valence-corrected chi connectivity index (χ4v) is 1.98. The highest BCUT2D eigenvalue weighted by molar-refractivity contribution is 5.98. The van der Waals surface area contributed by atoms with E-state index in [1.54, 1.807) is 12.4 Å². The van der Waals surface area contributed by atoms with E-state index in [4.69, 9.17) is 5.11 Å². The topological polar surface area (TPSA) is 91.8 Å². The summed E-state index contributed by atoms with van der Waals surface area (Å²) in [7, 11) is 0. The lowest BCUT2D eigenvalue weighted by Crippen LogP contribution is -1.91. The molecule has 3 aromatic rings. The monoisotopic (exact) mass is 266 g/mol. The maximum atomic E-state index is 10.6. The molecule has 98 valence electrons. The van der Waals surface area contributed by atoms with Crippen molar-refractivity contribution in [3.63, 3.8) is 0 Å². The highest BCUT2D eigenvalue weighted by Crippen LogP contribution is 2.27. The summed E-state index contributed by atoms with van der Waals surface area (Å²) < 4.78 is 0. The lowest BCUT2D eigenvalue weighted by Gasteiger charge is -2.01. The van der Waals surface area contributed by atoms with Crippen LogP contribution < -0.4 is 0 Å². The van der Waals surface area contributed by atoms with E-state index in [9.17, 15) is 4.79 Å². The Balaban J connectivity index is 2.22. The molecular weight excluding hydrogens is 256 g/mol. The second kappa shape index (κ2) is 4.93. The minimum absolute atomic E-state index is 0.644. The molecule has 0 radical (unpaired) electrons. The number of H-pyrrole nitrogens is 1. The molecule has 0 saturated carbocycles. The predicted molar refractivity (Wildman–Crippen MR) is 73.8 cm³/mol. The lowest BCUT2D eigenvalue weighted by molar-refractivity contribution is -0.131. The average Bonchev–Trinajstić information content (AvgIpc) is 2.89. The summed E-state index contributed by atoms with van der Waals surface area (Å²) >= 11 is 0. The molecule has 2 N–H and O–H groups in total. The molecule has 0 spiro atoms. The van der Waals surface area contributed by atoms with Crippen LogP contribution in [-0.2, 0) is 4.79 Å². The third-order valence-electron chi connectivity index (χ3n) is 2.81. The fourth-order valence-electron chi connectivity index (χ4n) is 1.98. The van der Waals surface area contributed by atoms with E-state index in [0.29, 0.717) is 22.6 Å². The Kier molecular flexibility index (Phi) is 2.96. The number of rotatable bonds is 3. The molecule has 0 atom stereocenters. The number of fused-ring (bicyclic) bond motifs is 1. The lowest BCUT2D eigenvalue weighted by atomic mass is 10.1. The van der Waals surface area contributed by atoms with Gasteiger partial charge in [0.25, 0.3) is 0 Å². The zero-order chi connectivity index (χ0) is 13.9. The van der Waals surface area contributed by atoms with Crippen LogP contribution in [0.25, 0.3) is 28.5 Å². The number of carbonyl (C=O) groups is 1. The van der Waals surface area contributed by atoms with E-state index < -0.39 is 5.97 Å². The molecule has 3 aromatic heterocycles. The number of nitrogens with one attached hydrogen (secondary N) is 1. The maximum absolute atomic E-state index is 10.6. The summed E-state index contributed by atoms with van der Waals surface area (Å²) in [6.45, 7) is 0. The molecule has 0 amide bonds. The molecule has 0 aliphatic heterocycles. The van der Waals surface area contributed by atoms with Crippen molar-refractivity contribution in [2.75, 3.05) is 0 Å². The molecule has 3 rings (SSSR count). The van der Waals surface area contributed by atoms with E-state index in [1.807, 2.05) is 18.2 Å². The van der Waals surface area contributed by atoms with Gasteiger partial charge in [-0.25, -0.2) is 14.8 Å². The quantitative estimate of drug-likeness (QED) is 0.708. The third-order valence-corrected chi connectivity index (χ3v) is 2.81. The summed E-state index contributed by atoms with van der Waals surface area (Å²) in [5.41, 5.74) is 2.74. The van der Waals surface area contributed by atoms with E-state index in [1.165, 1.54) is 12.4 Å². The Morgan fingerprint density at radius 1 is 1.25 bits per heavy atom. The number of hydrogen-bond acceptors (Lipinski definition) is 4. The van der Waals surface area contributed by atoms with Crippen molar-refractivity contribution in [2.24, 2.45) is 0 Å². The van der Waals surface area contributed by atoms with Gasteiger partial charge in [0.15, 0.2) is 0 Å². The van der Waals surface area contributed by atoms with Gasteiger partial charge in [-0.05, 0) is 18.2 Å². The van der Waals surface area contributed by atoms with Crippen molar-refractivity contribution < 1.29 is 9.90 Å². The Morgan fingerprint density at radius 3 is 2.90 bits per heavy atom. The van der Waals surface area contributed by atoms with E-state index in [-0.39, 0.29) is 0 Å². The van der Waals surface area contributed by atoms with Crippen LogP contribution in [0.1, 0.15) is 5.56 Å². The van der Waals surface area contributed by atoms with Crippen molar-refractivity contribution >= 4 is 23.1 Å². The summed E-state index contributed by atoms with van der Waals surface area (Å²) in [6.07, 6.45) is 7.43. The molecule has 0 aromatic carbocycles. The number of carboxylic acids is 1. The second-order valence-electron chi connectivity index (χ2n) is 4.08. The van der Waals surface area contributed by atoms with Crippen molar-refractivity contribution in [3.8, 4) is 11.4 Å². The first-order valence-corrected chi connectivity index (χ1v) is 5.90. The summed E-state index contributed by atoms with van der Waals surface area (Å²) in [6, 6.07) is 5.54. The van der Waals surface area contributed by atoms with Gasteiger partial charge in [-0.2, -0.15) is 0 Å². The first-order chi connectivity index (χ1) is 9.75. The molecule has 3 heterocycles. The van der Waals surface area contributed by atoms with Gasteiger partial charge in [0.1, 0.15) is 17.7 Å². The van der Waals surface area contributed by atoms with Crippen LogP contribution in [0.4, 0.5) is 0 Å². The van der Waals surface area contributed by atoms with Crippen molar-refractivity contribution in [1.82, 2.24) is 19.9 Å². The zero-order valence-corrected chi connectivity index (χ0v) is 10.3. The normalized spacial score (nSPS) is 11.2. The number of aromatic amines is 1. The molecule has 6 nitrogen and oxygen atoms in total. The van der Waals surface area contributed by atoms with Gasteiger partial charge in [-0.1, -0.05) is 6.07 Å². The molecule has 0 unspecified atom stereocenters. The molecule has 0 aliphatic rings. The first-order valence-electron chi connectivity index (χ1n) is 5.90. The molecule has 0 aliphatic carbocycles. The van der Waals surface area contributed by atoms with Gasteiger partial charge in [0, 0.05) is 24.0 Å². The maximum Gasteiger partial charge on any atom is 0.328 e. The standard InChI is InChI=1S/C14H10N4O2/c19-11(20)5-4-9-7-16-14-12(9)13(17-8-18-14)10-3-1-2-6-15-10/h1-8H,(H,19,20)(H,16,17,18)/b5-4+. The smallest absolute Gasteiger partial charge is 0.328 e. The van der Waals surface area contributed by atoms with Gasteiger partial charge in [0.05, 0.1) is 11.1 Å². The predicted octanol–water partition coefficient (Wildman–Crippen LogP) is 2.12. The number of aromatic nitrogens is 4. The van der Waals surface area contributed by atoms with Gasteiger partial charge in [-0.3, -0.25) is 4.98 Å². The van der Waals surface area contributed by atoms with Crippen LogP contribution in [0.15, 0.2) is 43.0 Å². The second-order valence-corrected chi connectivity index (χ2v) is 4.08. The minimum Gasteiger partial charge on any atom is -0.478 e. The van der Waals surface area contributed by atoms with Gasteiger partial charge >= 0.3 is 5.97 Å². The van der Waals surface area contributed by atoms with Crippen molar-refractivity contribution in [2.45, 2.75) is 0 Å². The Labute approximate surface area is 113 Å². The first kappa shape index (κ1) is 12.0. The number of pyridine rings is 1. The van der Waals surface area contributed by atoms with Crippen LogP contribution in [0.5, 0.6) is 0 Å². The van der Waals surface area contributed by atoms with E-state index >= 15 is 0 Å². The highest BCUT2D eigenvalue weighted by atomic mass is 16.4. The molecule has 0 bridgehead atoms. The molecular formula is C14H10N4O2. The van der Waals surface area contributed by atoms with Gasteiger partial charge in [-0.15, -0.1) is 0 Å². The molecule has 0 fully saturated rings. The van der Waals surface area contributed by atoms with Crippen LogP contribution in [0.3, 0.4) is 0 Å². The summed E-state index contributed by atoms with van der Waals surface area (Å²) in [5.74, 6) is -1.00. The van der Waals surface area contributed by atoms with Gasteiger partial charge < -0.3 is 10.1 Å². The molecule has 6 heteroatoms. The Bertz CT molecular complexity index is 793.